The number of rotatable bonds is 2. The second-order valence-electron chi connectivity index (χ2n) is 3.47. The van der Waals surface area contributed by atoms with E-state index in [1.54, 1.807) is 7.11 Å². The molecule has 0 radical (unpaired) electrons. The van der Waals surface area contributed by atoms with Crippen molar-refractivity contribution in [3.63, 3.8) is 0 Å². The Bertz CT molecular complexity index is 260. The maximum atomic E-state index is 5.20. The van der Waals surface area contributed by atoms with Gasteiger partial charge in [-0.2, -0.15) is 5.06 Å². The zero-order valence-corrected chi connectivity index (χ0v) is 7.94. The van der Waals surface area contributed by atoms with Crippen LogP contribution in [-0.2, 0) is 4.84 Å². The van der Waals surface area contributed by atoms with Gasteiger partial charge in [0, 0.05) is 19.0 Å². The van der Waals surface area contributed by atoms with Gasteiger partial charge >= 0.3 is 0 Å². The van der Waals surface area contributed by atoms with Crippen LogP contribution in [-0.4, -0.2) is 25.3 Å². The van der Waals surface area contributed by atoms with E-state index in [-0.39, 0.29) is 0 Å². The second-order valence-corrected chi connectivity index (χ2v) is 3.47. The van der Waals surface area contributed by atoms with Gasteiger partial charge in [0.05, 0.1) is 7.11 Å². The van der Waals surface area contributed by atoms with Gasteiger partial charge in [0.15, 0.2) is 0 Å². The molecule has 0 unspecified atom stereocenters. The molecule has 1 saturated heterocycles. The Labute approximate surface area is 79.1 Å². The fourth-order valence-electron chi connectivity index (χ4n) is 1.89. The average Bonchev–Trinajstić information content (AvgIpc) is 2.67. The first kappa shape index (κ1) is 8.73. The molecule has 0 amide bonds. The Morgan fingerprint density at radius 1 is 1.31 bits per heavy atom. The molecule has 1 fully saturated rings. The lowest BCUT2D eigenvalue weighted by atomic mass is 9.99. The first-order chi connectivity index (χ1) is 6.40. The maximum absolute atomic E-state index is 5.20. The Balaban J connectivity index is 2.04. The minimum Gasteiger partial charge on any atom is -0.302 e. The molecule has 1 aromatic rings. The highest BCUT2D eigenvalue weighted by Gasteiger charge is 2.23. The molecule has 1 aliphatic rings. The van der Waals surface area contributed by atoms with E-state index in [4.69, 9.17) is 4.84 Å². The summed E-state index contributed by atoms with van der Waals surface area (Å²) in [4.78, 5) is 5.20. The molecule has 70 valence electrons. The molecule has 0 saturated carbocycles. The van der Waals surface area contributed by atoms with Crippen molar-refractivity contribution in [1.29, 1.82) is 0 Å². The molecule has 2 rings (SSSR count). The summed E-state index contributed by atoms with van der Waals surface area (Å²) in [6.07, 6.45) is 1.21. The number of hydrogen-bond acceptors (Lipinski definition) is 2. The van der Waals surface area contributed by atoms with Gasteiger partial charge in [0.1, 0.15) is 0 Å². The van der Waals surface area contributed by atoms with Gasteiger partial charge < -0.3 is 4.84 Å². The molecule has 0 spiro atoms. The van der Waals surface area contributed by atoms with E-state index in [1.807, 2.05) is 5.06 Å². The lowest BCUT2D eigenvalue weighted by molar-refractivity contribution is -0.113. The number of benzene rings is 1. The molecule has 0 bridgehead atoms. The van der Waals surface area contributed by atoms with Crippen molar-refractivity contribution in [2.24, 2.45) is 0 Å². The van der Waals surface area contributed by atoms with Crippen LogP contribution in [0.4, 0.5) is 0 Å². The van der Waals surface area contributed by atoms with E-state index in [0.717, 1.165) is 13.1 Å². The normalized spacial score (nSPS) is 23.6. The van der Waals surface area contributed by atoms with Gasteiger partial charge in [-0.05, 0) is 12.0 Å². The van der Waals surface area contributed by atoms with E-state index >= 15 is 0 Å². The molecule has 0 aromatic heterocycles. The second kappa shape index (κ2) is 3.90. The predicted molar refractivity (Wildman–Crippen MR) is 52.4 cm³/mol. The predicted octanol–water partition coefficient (Wildman–Crippen LogP) is 2.04. The van der Waals surface area contributed by atoms with Crippen molar-refractivity contribution in [2.45, 2.75) is 12.3 Å². The first-order valence-electron chi connectivity index (χ1n) is 4.74. The van der Waals surface area contributed by atoms with Crippen LogP contribution in [0, 0.1) is 0 Å². The minimum absolute atomic E-state index is 0.654. The molecule has 13 heavy (non-hydrogen) atoms. The summed E-state index contributed by atoms with van der Waals surface area (Å²) in [6, 6.07) is 10.7. The third-order valence-corrected chi connectivity index (χ3v) is 2.68. The van der Waals surface area contributed by atoms with Crippen molar-refractivity contribution in [2.75, 3.05) is 20.2 Å². The first-order valence-corrected chi connectivity index (χ1v) is 4.74. The molecule has 1 aliphatic heterocycles. The van der Waals surface area contributed by atoms with Gasteiger partial charge in [-0.3, -0.25) is 0 Å². The summed E-state index contributed by atoms with van der Waals surface area (Å²) in [5.41, 5.74) is 1.43. The van der Waals surface area contributed by atoms with Crippen LogP contribution in [0.15, 0.2) is 30.3 Å². The summed E-state index contributed by atoms with van der Waals surface area (Å²) in [7, 11) is 1.74. The lowest BCUT2D eigenvalue weighted by Crippen LogP contribution is -2.18. The van der Waals surface area contributed by atoms with Crippen molar-refractivity contribution in [3.8, 4) is 0 Å². The Kier molecular flexibility index (Phi) is 2.62. The van der Waals surface area contributed by atoms with Gasteiger partial charge in [-0.1, -0.05) is 30.3 Å². The molecular formula is C11H15NO. The van der Waals surface area contributed by atoms with Crippen LogP contribution >= 0.6 is 0 Å². The van der Waals surface area contributed by atoms with E-state index in [9.17, 15) is 0 Å². The largest absolute Gasteiger partial charge is 0.302 e. The lowest BCUT2D eigenvalue weighted by Gasteiger charge is -2.12. The van der Waals surface area contributed by atoms with E-state index in [2.05, 4.69) is 30.3 Å². The third kappa shape index (κ3) is 1.90. The Morgan fingerprint density at radius 3 is 2.69 bits per heavy atom. The van der Waals surface area contributed by atoms with Gasteiger partial charge in [0.25, 0.3) is 0 Å². The molecule has 2 heteroatoms. The standard InChI is InChI=1S/C11H15NO/c1-13-12-8-7-11(9-12)10-5-3-2-4-6-10/h2-6,11H,7-9H2,1H3/t11-/m1/s1. The van der Waals surface area contributed by atoms with Crippen molar-refractivity contribution >= 4 is 0 Å². The molecule has 1 heterocycles. The highest BCUT2D eigenvalue weighted by Crippen LogP contribution is 2.26. The highest BCUT2D eigenvalue weighted by molar-refractivity contribution is 5.20. The Morgan fingerprint density at radius 2 is 2.08 bits per heavy atom. The molecule has 0 aliphatic carbocycles. The van der Waals surface area contributed by atoms with Crippen LogP contribution in [0.2, 0.25) is 0 Å². The summed E-state index contributed by atoms with van der Waals surface area (Å²) >= 11 is 0. The quantitative estimate of drug-likeness (QED) is 0.685. The zero-order valence-electron chi connectivity index (χ0n) is 7.94. The van der Waals surface area contributed by atoms with Crippen molar-refractivity contribution in [1.82, 2.24) is 5.06 Å². The van der Waals surface area contributed by atoms with Crippen molar-refractivity contribution in [3.05, 3.63) is 35.9 Å². The fraction of sp³-hybridized carbons (Fsp3) is 0.455. The molecule has 1 atom stereocenters. The van der Waals surface area contributed by atoms with Gasteiger partial charge in [-0.15, -0.1) is 0 Å². The summed E-state index contributed by atoms with van der Waals surface area (Å²) in [5, 5.41) is 2.03. The van der Waals surface area contributed by atoms with E-state index in [0.29, 0.717) is 5.92 Å². The number of hydrogen-bond donors (Lipinski definition) is 0. The van der Waals surface area contributed by atoms with Crippen LogP contribution in [0.5, 0.6) is 0 Å². The molecular weight excluding hydrogens is 162 g/mol. The highest BCUT2D eigenvalue weighted by atomic mass is 16.7. The van der Waals surface area contributed by atoms with Crippen LogP contribution in [0.3, 0.4) is 0 Å². The fourth-order valence-corrected chi connectivity index (χ4v) is 1.89. The smallest absolute Gasteiger partial charge is 0.0575 e. The summed E-state index contributed by atoms with van der Waals surface area (Å²) in [5.74, 6) is 0.654. The van der Waals surface area contributed by atoms with E-state index < -0.39 is 0 Å². The molecule has 2 nitrogen and oxygen atoms in total. The van der Waals surface area contributed by atoms with Crippen LogP contribution in [0.25, 0.3) is 0 Å². The average molecular weight is 177 g/mol. The minimum atomic E-state index is 0.654. The van der Waals surface area contributed by atoms with E-state index in [1.165, 1.54) is 12.0 Å². The topological polar surface area (TPSA) is 12.5 Å². The Hall–Kier alpha value is -0.860. The molecule has 1 aromatic carbocycles. The number of hydroxylamine groups is 2. The van der Waals surface area contributed by atoms with Gasteiger partial charge in [0.2, 0.25) is 0 Å². The molecule has 0 N–H and O–H groups in total. The summed E-state index contributed by atoms with van der Waals surface area (Å²) in [6.45, 7) is 2.08. The monoisotopic (exact) mass is 177 g/mol. The van der Waals surface area contributed by atoms with Crippen molar-refractivity contribution < 1.29 is 4.84 Å². The maximum Gasteiger partial charge on any atom is 0.0575 e. The summed E-state index contributed by atoms with van der Waals surface area (Å²) < 4.78 is 0. The third-order valence-electron chi connectivity index (χ3n) is 2.68. The van der Waals surface area contributed by atoms with Crippen LogP contribution < -0.4 is 0 Å². The number of nitrogens with zero attached hydrogens (tertiary/aromatic N) is 1. The van der Waals surface area contributed by atoms with Crippen LogP contribution in [0.1, 0.15) is 17.9 Å². The van der Waals surface area contributed by atoms with Gasteiger partial charge in [-0.25, -0.2) is 0 Å². The zero-order chi connectivity index (χ0) is 9.10. The SMILES string of the molecule is CON1CC[C@@H](c2ccccc2)C1.